The smallest absolute Gasteiger partial charge is 0.119 e. The first-order valence-corrected chi connectivity index (χ1v) is 8.94. The summed E-state index contributed by atoms with van der Waals surface area (Å²) in [6, 6.07) is 7.32. The van der Waals surface area contributed by atoms with Gasteiger partial charge in [-0.25, -0.2) is 0 Å². The normalized spacial score (nSPS) is 25.8. The van der Waals surface area contributed by atoms with E-state index in [0.717, 1.165) is 18.7 Å². The molecule has 0 saturated carbocycles. The predicted molar refractivity (Wildman–Crippen MR) is 98.5 cm³/mol. The Bertz CT molecular complexity index is 514. The van der Waals surface area contributed by atoms with Crippen LogP contribution in [-0.2, 0) is 11.8 Å². The third-order valence-corrected chi connectivity index (χ3v) is 5.69. The first-order valence-electron chi connectivity index (χ1n) is 8.94. The van der Waals surface area contributed by atoms with Crippen LogP contribution >= 0.6 is 0 Å². The lowest BCUT2D eigenvalue weighted by Gasteiger charge is -2.46. The molecule has 130 valence electrons. The van der Waals surface area contributed by atoms with E-state index < -0.39 is 0 Å². The van der Waals surface area contributed by atoms with Crippen molar-refractivity contribution in [3.05, 3.63) is 29.3 Å². The summed E-state index contributed by atoms with van der Waals surface area (Å²) in [6.45, 7) is 6.95. The number of nitrogens with zero attached hydrogens (tertiary/aromatic N) is 2. The third kappa shape index (κ3) is 4.07. The maximum atomic E-state index is 5.54. The number of ether oxygens (including phenoxy) is 1. The van der Waals surface area contributed by atoms with Crippen molar-refractivity contribution in [1.82, 2.24) is 9.80 Å². The van der Waals surface area contributed by atoms with Gasteiger partial charge in [-0.15, -0.1) is 0 Å². The van der Waals surface area contributed by atoms with Crippen LogP contribution in [0.3, 0.4) is 0 Å². The maximum absolute atomic E-state index is 5.54. The molecule has 1 aromatic carbocycles. The van der Waals surface area contributed by atoms with E-state index in [9.17, 15) is 0 Å². The molecule has 1 unspecified atom stereocenters. The number of hydrogen-bond acceptors (Lipinski definition) is 3. The van der Waals surface area contributed by atoms with Crippen LogP contribution in [-0.4, -0.2) is 57.2 Å². The van der Waals surface area contributed by atoms with Gasteiger partial charge in [0.2, 0.25) is 0 Å². The molecule has 0 bridgehead atoms. The van der Waals surface area contributed by atoms with E-state index >= 15 is 0 Å². The molecule has 2 atom stereocenters. The molecular weight excluding hydrogens is 284 g/mol. The standard InChI is InChI=1S/C20H34N2O/c1-7-17-8-9-18(23-6)14-19(17)20(10-12-21(3)4)11-13-22(5)16(2)15-20/h8-9,14,16H,7,10-13,15H2,1-6H3/t16?,20-/m1/s1. The van der Waals surface area contributed by atoms with Crippen LogP contribution in [0.25, 0.3) is 0 Å². The van der Waals surface area contributed by atoms with Gasteiger partial charge < -0.3 is 14.5 Å². The molecule has 1 saturated heterocycles. The molecule has 1 heterocycles. The summed E-state index contributed by atoms with van der Waals surface area (Å²) >= 11 is 0. The fraction of sp³-hybridized carbons (Fsp3) is 0.700. The Kier molecular flexibility index (Phi) is 6.10. The van der Waals surface area contributed by atoms with E-state index in [2.05, 4.69) is 63.0 Å². The second kappa shape index (κ2) is 7.67. The zero-order chi connectivity index (χ0) is 17.0. The van der Waals surface area contributed by atoms with Gasteiger partial charge in [0.15, 0.2) is 0 Å². The Morgan fingerprint density at radius 3 is 2.65 bits per heavy atom. The lowest BCUT2D eigenvalue weighted by Crippen LogP contribution is -2.47. The molecule has 23 heavy (non-hydrogen) atoms. The van der Waals surface area contributed by atoms with Crippen molar-refractivity contribution in [1.29, 1.82) is 0 Å². The number of piperidine rings is 1. The van der Waals surface area contributed by atoms with E-state index in [0.29, 0.717) is 6.04 Å². The first-order chi connectivity index (χ1) is 10.9. The van der Waals surface area contributed by atoms with Gasteiger partial charge in [0.1, 0.15) is 5.75 Å². The SMILES string of the molecule is CCc1ccc(OC)cc1[C@]1(CCN(C)C)CCN(C)C(C)C1. The molecule has 0 aromatic heterocycles. The average Bonchev–Trinajstić information content (AvgIpc) is 2.55. The fourth-order valence-electron chi connectivity index (χ4n) is 3.96. The van der Waals surface area contributed by atoms with Crippen LogP contribution in [0.15, 0.2) is 18.2 Å². The minimum absolute atomic E-state index is 0.274. The lowest BCUT2D eigenvalue weighted by molar-refractivity contribution is 0.115. The molecule has 0 aliphatic carbocycles. The number of rotatable bonds is 6. The molecule has 3 nitrogen and oxygen atoms in total. The van der Waals surface area contributed by atoms with Crippen molar-refractivity contribution in [3.63, 3.8) is 0 Å². The van der Waals surface area contributed by atoms with E-state index in [-0.39, 0.29) is 5.41 Å². The molecular formula is C20H34N2O. The highest BCUT2D eigenvalue weighted by atomic mass is 16.5. The largest absolute Gasteiger partial charge is 0.497 e. The number of hydrogen-bond donors (Lipinski definition) is 0. The van der Waals surface area contributed by atoms with Gasteiger partial charge in [-0.3, -0.25) is 0 Å². The van der Waals surface area contributed by atoms with E-state index in [1.54, 1.807) is 7.11 Å². The summed E-state index contributed by atoms with van der Waals surface area (Å²) in [5, 5.41) is 0. The summed E-state index contributed by atoms with van der Waals surface area (Å²) in [4.78, 5) is 4.82. The van der Waals surface area contributed by atoms with E-state index in [1.165, 1.54) is 36.9 Å². The van der Waals surface area contributed by atoms with Gasteiger partial charge in [0, 0.05) is 6.04 Å². The van der Waals surface area contributed by atoms with Crippen molar-refractivity contribution in [2.45, 2.75) is 51.0 Å². The van der Waals surface area contributed by atoms with Crippen molar-refractivity contribution in [2.24, 2.45) is 0 Å². The zero-order valence-corrected chi connectivity index (χ0v) is 15.9. The third-order valence-electron chi connectivity index (χ3n) is 5.69. The lowest BCUT2D eigenvalue weighted by atomic mass is 9.67. The van der Waals surface area contributed by atoms with Gasteiger partial charge in [0.05, 0.1) is 7.11 Å². The Morgan fingerprint density at radius 2 is 2.09 bits per heavy atom. The molecule has 0 N–H and O–H groups in total. The van der Waals surface area contributed by atoms with Gasteiger partial charge in [-0.2, -0.15) is 0 Å². The monoisotopic (exact) mass is 318 g/mol. The molecule has 1 aliphatic rings. The highest BCUT2D eigenvalue weighted by molar-refractivity contribution is 5.41. The Labute approximate surface area is 142 Å². The minimum Gasteiger partial charge on any atom is -0.497 e. The fourth-order valence-corrected chi connectivity index (χ4v) is 3.96. The van der Waals surface area contributed by atoms with Crippen LogP contribution in [0.2, 0.25) is 0 Å². The maximum Gasteiger partial charge on any atom is 0.119 e. The topological polar surface area (TPSA) is 15.7 Å². The minimum atomic E-state index is 0.274. The molecule has 0 amide bonds. The molecule has 3 heteroatoms. The molecule has 1 aliphatic heterocycles. The number of aryl methyl sites for hydroxylation is 1. The Balaban J connectivity index is 2.44. The molecule has 1 fully saturated rings. The van der Waals surface area contributed by atoms with Gasteiger partial charge in [0.25, 0.3) is 0 Å². The highest BCUT2D eigenvalue weighted by Crippen LogP contribution is 2.43. The number of likely N-dealkylation sites (tertiary alicyclic amines) is 1. The van der Waals surface area contributed by atoms with Gasteiger partial charge in [-0.1, -0.05) is 13.0 Å². The summed E-state index contributed by atoms with van der Waals surface area (Å²) in [6.07, 6.45) is 4.78. The Hall–Kier alpha value is -1.06. The van der Waals surface area contributed by atoms with Gasteiger partial charge in [-0.05, 0) is 95.5 Å². The zero-order valence-electron chi connectivity index (χ0n) is 15.9. The quantitative estimate of drug-likeness (QED) is 0.797. The second-order valence-corrected chi connectivity index (χ2v) is 7.49. The summed E-state index contributed by atoms with van der Waals surface area (Å²) in [5.41, 5.74) is 3.29. The van der Waals surface area contributed by atoms with Crippen LogP contribution in [0.1, 0.15) is 44.2 Å². The Morgan fingerprint density at radius 1 is 1.35 bits per heavy atom. The number of benzene rings is 1. The van der Waals surface area contributed by atoms with Crippen LogP contribution in [0.4, 0.5) is 0 Å². The summed E-state index contributed by atoms with van der Waals surface area (Å²) in [5.74, 6) is 0.994. The molecule has 1 aromatic rings. The molecule has 0 spiro atoms. The predicted octanol–water partition coefficient (Wildman–Crippen LogP) is 3.56. The number of methoxy groups -OCH3 is 1. The second-order valence-electron chi connectivity index (χ2n) is 7.49. The first kappa shape index (κ1) is 18.3. The summed E-state index contributed by atoms with van der Waals surface area (Å²) in [7, 11) is 8.39. The van der Waals surface area contributed by atoms with Crippen molar-refractivity contribution in [3.8, 4) is 5.75 Å². The molecule has 2 rings (SSSR count). The van der Waals surface area contributed by atoms with Crippen LogP contribution in [0.5, 0.6) is 5.75 Å². The van der Waals surface area contributed by atoms with Gasteiger partial charge >= 0.3 is 0 Å². The van der Waals surface area contributed by atoms with Crippen molar-refractivity contribution >= 4 is 0 Å². The van der Waals surface area contributed by atoms with Crippen molar-refractivity contribution in [2.75, 3.05) is 41.3 Å². The highest BCUT2D eigenvalue weighted by Gasteiger charge is 2.39. The van der Waals surface area contributed by atoms with E-state index in [4.69, 9.17) is 4.74 Å². The molecule has 0 radical (unpaired) electrons. The van der Waals surface area contributed by atoms with E-state index in [1.807, 2.05) is 0 Å². The van der Waals surface area contributed by atoms with Crippen molar-refractivity contribution < 1.29 is 4.74 Å². The van der Waals surface area contributed by atoms with Crippen LogP contribution < -0.4 is 4.74 Å². The average molecular weight is 319 g/mol. The summed E-state index contributed by atoms with van der Waals surface area (Å²) < 4.78 is 5.54. The van der Waals surface area contributed by atoms with Crippen LogP contribution in [0, 0.1) is 0 Å².